The molecule has 2 N–H and O–H groups in total. The lowest BCUT2D eigenvalue weighted by Gasteiger charge is -2.12. The first-order valence-corrected chi connectivity index (χ1v) is 5.78. The maximum absolute atomic E-state index is 6.00. The lowest BCUT2D eigenvalue weighted by atomic mass is 9.97. The molecule has 0 amide bonds. The molecule has 1 unspecified atom stereocenters. The number of allylic oxidation sites excluding steroid dienone is 1. The van der Waals surface area contributed by atoms with Crippen LogP contribution in [0.3, 0.4) is 0 Å². The minimum absolute atomic E-state index is 0.281. The molecule has 1 heteroatoms. The third kappa shape index (κ3) is 3.88. The van der Waals surface area contributed by atoms with Crippen LogP contribution in [-0.4, -0.2) is 6.04 Å². The first kappa shape index (κ1) is 12.0. The van der Waals surface area contributed by atoms with E-state index in [2.05, 4.69) is 44.2 Å². The Labute approximate surface area is 93.0 Å². The molecule has 0 spiro atoms. The third-order valence-corrected chi connectivity index (χ3v) is 2.60. The Hall–Kier alpha value is -1.08. The molecule has 82 valence electrons. The van der Waals surface area contributed by atoms with Crippen molar-refractivity contribution in [1.29, 1.82) is 0 Å². The van der Waals surface area contributed by atoms with Crippen molar-refractivity contribution in [3.8, 4) is 0 Å². The summed E-state index contributed by atoms with van der Waals surface area (Å²) < 4.78 is 0. The molecule has 1 rings (SSSR count). The van der Waals surface area contributed by atoms with E-state index in [4.69, 9.17) is 5.73 Å². The second-order valence-corrected chi connectivity index (χ2v) is 3.88. The number of hydrogen-bond acceptors (Lipinski definition) is 1. The number of benzene rings is 1. The van der Waals surface area contributed by atoms with Crippen LogP contribution in [0, 0.1) is 0 Å². The summed E-state index contributed by atoms with van der Waals surface area (Å²) in [6.45, 7) is 4.31. The van der Waals surface area contributed by atoms with Crippen LogP contribution >= 0.6 is 0 Å². The molecule has 0 aliphatic rings. The molecule has 0 aliphatic heterocycles. The van der Waals surface area contributed by atoms with Gasteiger partial charge in [0.05, 0.1) is 0 Å². The molecule has 1 aromatic carbocycles. The fraction of sp³-hybridized carbons (Fsp3) is 0.429. The second kappa shape index (κ2) is 6.41. The zero-order valence-electron chi connectivity index (χ0n) is 9.74. The van der Waals surface area contributed by atoms with Crippen LogP contribution in [0.25, 0.3) is 5.57 Å². The summed E-state index contributed by atoms with van der Waals surface area (Å²) in [6, 6.07) is 10.8. The second-order valence-electron chi connectivity index (χ2n) is 3.88. The lowest BCUT2D eigenvalue weighted by Crippen LogP contribution is -2.18. The fourth-order valence-corrected chi connectivity index (χ4v) is 1.64. The summed E-state index contributed by atoms with van der Waals surface area (Å²) in [6.07, 6.45) is 5.37. The molecule has 15 heavy (non-hydrogen) atoms. The van der Waals surface area contributed by atoms with Crippen molar-refractivity contribution in [2.45, 2.75) is 39.2 Å². The van der Waals surface area contributed by atoms with E-state index in [1.54, 1.807) is 0 Å². The van der Waals surface area contributed by atoms with Crippen LogP contribution in [-0.2, 0) is 0 Å². The van der Waals surface area contributed by atoms with E-state index in [9.17, 15) is 0 Å². The Bertz CT molecular complexity index is 300. The average molecular weight is 203 g/mol. The van der Waals surface area contributed by atoms with Crippen LogP contribution < -0.4 is 5.73 Å². The molecule has 0 saturated heterocycles. The highest BCUT2D eigenvalue weighted by Gasteiger charge is 2.05. The third-order valence-electron chi connectivity index (χ3n) is 2.60. The number of rotatable bonds is 5. The summed E-state index contributed by atoms with van der Waals surface area (Å²) >= 11 is 0. The molecule has 1 atom stereocenters. The lowest BCUT2D eigenvalue weighted by molar-refractivity contribution is 0.666. The fourth-order valence-electron chi connectivity index (χ4n) is 1.64. The van der Waals surface area contributed by atoms with Crippen molar-refractivity contribution in [3.63, 3.8) is 0 Å². The van der Waals surface area contributed by atoms with E-state index in [0.29, 0.717) is 0 Å². The summed E-state index contributed by atoms with van der Waals surface area (Å²) in [4.78, 5) is 0. The number of nitrogens with two attached hydrogens (primary N) is 1. The van der Waals surface area contributed by atoms with Crippen molar-refractivity contribution in [1.82, 2.24) is 0 Å². The first-order chi connectivity index (χ1) is 7.27. The van der Waals surface area contributed by atoms with Gasteiger partial charge in [-0.25, -0.2) is 0 Å². The van der Waals surface area contributed by atoms with Gasteiger partial charge in [-0.2, -0.15) is 0 Å². The molecule has 0 aromatic heterocycles. The molecule has 0 aliphatic carbocycles. The Morgan fingerprint density at radius 3 is 2.47 bits per heavy atom. The van der Waals surface area contributed by atoms with Crippen LogP contribution in [0.5, 0.6) is 0 Å². The van der Waals surface area contributed by atoms with Gasteiger partial charge >= 0.3 is 0 Å². The zero-order valence-corrected chi connectivity index (χ0v) is 9.74. The van der Waals surface area contributed by atoms with E-state index >= 15 is 0 Å². The SMILES string of the molecule is CC/C=C(/CC(N)CC)c1ccccc1. The Balaban J connectivity index is 2.80. The van der Waals surface area contributed by atoms with Gasteiger partial charge in [0, 0.05) is 6.04 Å². The maximum atomic E-state index is 6.00. The standard InChI is InChI=1S/C14H21N/c1-3-8-13(11-14(15)4-2)12-9-6-5-7-10-12/h5-10,14H,3-4,11,15H2,1-2H3/b13-8-. The predicted octanol–water partition coefficient (Wildman–Crippen LogP) is 3.61. The highest BCUT2D eigenvalue weighted by Crippen LogP contribution is 2.20. The van der Waals surface area contributed by atoms with E-state index < -0.39 is 0 Å². The van der Waals surface area contributed by atoms with Crippen molar-refractivity contribution < 1.29 is 0 Å². The molecule has 0 saturated carbocycles. The highest BCUT2D eigenvalue weighted by atomic mass is 14.6. The van der Waals surface area contributed by atoms with E-state index in [0.717, 1.165) is 19.3 Å². The average Bonchev–Trinajstić information content (AvgIpc) is 2.29. The monoisotopic (exact) mass is 203 g/mol. The van der Waals surface area contributed by atoms with Gasteiger partial charge in [0.2, 0.25) is 0 Å². The zero-order chi connectivity index (χ0) is 11.1. The summed E-state index contributed by atoms with van der Waals surface area (Å²) in [5.74, 6) is 0. The van der Waals surface area contributed by atoms with Gasteiger partial charge in [0.15, 0.2) is 0 Å². The Morgan fingerprint density at radius 1 is 1.27 bits per heavy atom. The predicted molar refractivity (Wildman–Crippen MR) is 67.6 cm³/mol. The molecular formula is C14H21N. The maximum Gasteiger partial charge on any atom is 0.00767 e. The van der Waals surface area contributed by atoms with Crippen molar-refractivity contribution in [2.24, 2.45) is 5.73 Å². The van der Waals surface area contributed by atoms with E-state index in [1.165, 1.54) is 11.1 Å². The van der Waals surface area contributed by atoms with Crippen molar-refractivity contribution in [3.05, 3.63) is 42.0 Å². The molecule has 0 radical (unpaired) electrons. The first-order valence-electron chi connectivity index (χ1n) is 5.78. The number of hydrogen-bond donors (Lipinski definition) is 1. The highest BCUT2D eigenvalue weighted by molar-refractivity contribution is 5.65. The largest absolute Gasteiger partial charge is 0.327 e. The Morgan fingerprint density at radius 2 is 1.93 bits per heavy atom. The van der Waals surface area contributed by atoms with Crippen LogP contribution in [0.15, 0.2) is 36.4 Å². The van der Waals surface area contributed by atoms with Gasteiger partial charge in [-0.05, 0) is 30.4 Å². The molecule has 1 nitrogen and oxygen atoms in total. The minimum atomic E-state index is 0.281. The molecule has 0 heterocycles. The minimum Gasteiger partial charge on any atom is -0.327 e. The van der Waals surface area contributed by atoms with Gasteiger partial charge in [-0.3, -0.25) is 0 Å². The Kier molecular flexibility index (Phi) is 5.13. The van der Waals surface area contributed by atoms with Gasteiger partial charge in [-0.15, -0.1) is 0 Å². The van der Waals surface area contributed by atoms with Gasteiger partial charge < -0.3 is 5.73 Å². The van der Waals surface area contributed by atoms with Gasteiger partial charge in [0.25, 0.3) is 0 Å². The van der Waals surface area contributed by atoms with Crippen LogP contribution in [0.2, 0.25) is 0 Å². The molecule has 0 fully saturated rings. The van der Waals surface area contributed by atoms with E-state index in [-0.39, 0.29) is 6.04 Å². The van der Waals surface area contributed by atoms with Gasteiger partial charge in [0.1, 0.15) is 0 Å². The van der Waals surface area contributed by atoms with Crippen LogP contribution in [0.4, 0.5) is 0 Å². The topological polar surface area (TPSA) is 26.0 Å². The summed E-state index contributed by atoms with van der Waals surface area (Å²) in [5, 5.41) is 0. The smallest absolute Gasteiger partial charge is 0.00767 e. The normalized spacial score (nSPS) is 13.9. The van der Waals surface area contributed by atoms with E-state index in [1.807, 2.05) is 6.07 Å². The van der Waals surface area contributed by atoms with Crippen LogP contribution in [0.1, 0.15) is 38.7 Å². The molecule has 1 aromatic rings. The van der Waals surface area contributed by atoms with Gasteiger partial charge in [-0.1, -0.05) is 50.3 Å². The molecular weight excluding hydrogens is 182 g/mol. The summed E-state index contributed by atoms with van der Waals surface area (Å²) in [5.41, 5.74) is 8.69. The molecule has 0 bridgehead atoms. The van der Waals surface area contributed by atoms with Crippen molar-refractivity contribution >= 4 is 5.57 Å². The quantitative estimate of drug-likeness (QED) is 0.777. The summed E-state index contributed by atoms with van der Waals surface area (Å²) in [7, 11) is 0. The van der Waals surface area contributed by atoms with Crippen molar-refractivity contribution in [2.75, 3.05) is 0 Å².